The third-order valence-electron chi connectivity index (χ3n) is 2.15. The number of nitrogens with two attached hydrogens (primary N) is 1. The van der Waals surface area contributed by atoms with Crippen LogP contribution in [0.3, 0.4) is 0 Å². The van der Waals surface area contributed by atoms with E-state index in [-0.39, 0.29) is 6.42 Å². The second-order valence-electron chi connectivity index (χ2n) is 3.32. The minimum absolute atomic E-state index is 0.130. The molecule has 0 amide bonds. The van der Waals surface area contributed by atoms with Gasteiger partial charge < -0.3 is 15.9 Å². The lowest BCUT2D eigenvalue weighted by molar-refractivity contribution is 0.0214. The Morgan fingerprint density at radius 1 is 1.60 bits per heavy atom. The van der Waals surface area contributed by atoms with Crippen LogP contribution in [0.15, 0.2) is 12.3 Å². The molecule has 0 fully saturated rings. The van der Waals surface area contributed by atoms with E-state index in [4.69, 9.17) is 11.0 Å². The highest BCUT2D eigenvalue weighted by Gasteiger charge is 2.18. The zero-order valence-electron chi connectivity index (χ0n) is 8.38. The normalized spacial score (nSPS) is 14.3. The van der Waals surface area contributed by atoms with Gasteiger partial charge in [0.1, 0.15) is 6.10 Å². The second kappa shape index (κ2) is 4.73. The molecule has 1 rings (SSSR count). The van der Waals surface area contributed by atoms with E-state index in [1.54, 1.807) is 19.1 Å². The van der Waals surface area contributed by atoms with Crippen LogP contribution in [0.2, 0.25) is 0 Å². The van der Waals surface area contributed by atoms with Gasteiger partial charge in [-0.25, -0.2) is 0 Å². The molecule has 0 saturated carbocycles. The van der Waals surface area contributed by atoms with Crippen LogP contribution < -0.4 is 5.73 Å². The number of nitrogens with zero attached hydrogens (tertiary/aromatic N) is 2. The number of nitriles is 1. The quantitative estimate of drug-likeness (QED) is 0.660. The topological polar surface area (TPSA) is 103 Å². The van der Waals surface area contributed by atoms with Crippen LogP contribution in [0.25, 0.3) is 0 Å². The SMILES string of the molecule is Cc1ncc(C(O)C(O)CC#N)cc1N. The fourth-order valence-electron chi connectivity index (χ4n) is 1.16. The summed E-state index contributed by atoms with van der Waals surface area (Å²) in [6, 6.07) is 3.33. The highest BCUT2D eigenvalue weighted by atomic mass is 16.3. The molecule has 5 nitrogen and oxygen atoms in total. The van der Waals surface area contributed by atoms with Gasteiger partial charge in [0, 0.05) is 11.8 Å². The maximum atomic E-state index is 9.64. The predicted molar refractivity (Wildman–Crippen MR) is 54.6 cm³/mol. The van der Waals surface area contributed by atoms with E-state index in [1.807, 2.05) is 0 Å². The number of hydrogen-bond acceptors (Lipinski definition) is 5. The maximum Gasteiger partial charge on any atom is 0.107 e. The Hall–Kier alpha value is -1.64. The number of hydrogen-bond donors (Lipinski definition) is 3. The minimum Gasteiger partial charge on any atom is -0.397 e. The lowest BCUT2D eigenvalue weighted by Crippen LogP contribution is -2.18. The molecule has 1 aromatic rings. The van der Waals surface area contributed by atoms with Gasteiger partial charge in [-0.15, -0.1) is 0 Å². The molecule has 0 spiro atoms. The zero-order chi connectivity index (χ0) is 11.4. The summed E-state index contributed by atoms with van der Waals surface area (Å²) in [5, 5.41) is 27.4. The molecule has 0 bridgehead atoms. The van der Waals surface area contributed by atoms with Gasteiger partial charge in [0.15, 0.2) is 0 Å². The first-order chi connectivity index (χ1) is 7.06. The highest BCUT2D eigenvalue weighted by Crippen LogP contribution is 2.21. The summed E-state index contributed by atoms with van der Waals surface area (Å²) >= 11 is 0. The molecule has 15 heavy (non-hydrogen) atoms. The van der Waals surface area contributed by atoms with Crippen molar-refractivity contribution in [3.8, 4) is 6.07 Å². The van der Waals surface area contributed by atoms with Crippen LogP contribution in [0.5, 0.6) is 0 Å². The summed E-state index contributed by atoms with van der Waals surface area (Å²) in [7, 11) is 0. The second-order valence-corrected chi connectivity index (χ2v) is 3.32. The molecule has 1 heterocycles. The van der Waals surface area contributed by atoms with Crippen LogP contribution in [0, 0.1) is 18.3 Å². The van der Waals surface area contributed by atoms with Gasteiger partial charge in [-0.3, -0.25) is 4.98 Å². The first-order valence-corrected chi connectivity index (χ1v) is 4.51. The number of rotatable bonds is 3. The van der Waals surface area contributed by atoms with Crippen LogP contribution in [-0.2, 0) is 0 Å². The number of anilines is 1. The van der Waals surface area contributed by atoms with Crippen LogP contribution >= 0.6 is 0 Å². The molecule has 2 unspecified atom stereocenters. The van der Waals surface area contributed by atoms with Crippen molar-refractivity contribution in [1.82, 2.24) is 4.98 Å². The number of nitrogen functional groups attached to an aromatic ring is 1. The number of aliphatic hydroxyl groups is 2. The zero-order valence-corrected chi connectivity index (χ0v) is 8.38. The van der Waals surface area contributed by atoms with Gasteiger partial charge in [0.05, 0.1) is 30.0 Å². The molecule has 4 N–H and O–H groups in total. The molecule has 80 valence electrons. The molecule has 0 aliphatic carbocycles. The van der Waals surface area contributed by atoms with Gasteiger partial charge in [0.25, 0.3) is 0 Å². The Bertz CT molecular complexity index is 387. The van der Waals surface area contributed by atoms with E-state index in [1.165, 1.54) is 6.20 Å². The van der Waals surface area contributed by atoms with Gasteiger partial charge in [-0.05, 0) is 13.0 Å². The van der Waals surface area contributed by atoms with Crippen molar-refractivity contribution in [2.75, 3.05) is 5.73 Å². The molecular formula is C10H13N3O2. The van der Waals surface area contributed by atoms with Crippen molar-refractivity contribution < 1.29 is 10.2 Å². The summed E-state index contributed by atoms with van der Waals surface area (Å²) in [6.07, 6.45) is -0.926. The first kappa shape index (κ1) is 11.4. The number of aromatic nitrogens is 1. The van der Waals surface area contributed by atoms with Crippen molar-refractivity contribution in [3.63, 3.8) is 0 Å². The fourth-order valence-corrected chi connectivity index (χ4v) is 1.16. The van der Waals surface area contributed by atoms with E-state index in [2.05, 4.69) is 4.98 Å². The third kappa shape index (κ3) is 2.65. The molecule has 0 aromatic carbocycles. The number of aliphatic hydroxyl groups excluding tert-OH is 2. The maximum absolute atomic E-state index is 9.64. The smallest absolute Gasteiger partial charge is 0.107 e. The minimum atomic E-state index is -1.12. The Morgan fingerprint density at radius 3 is 2.80 bits per heavy atom. The van der Waals surface area contributed by atoms with E-state index in [9.17, 15) is 10.2 Å². The van der Waals surface area contributed by atoms with Gasteiger partial charge >= 0.3 is 0 Å². The van der Waals surface area contributed by atoms with Crippen LogP contribution in [-0.4, -0.2) is 21.3 Å². The van der Waals surface area contributed by atoms with Crippen LogP contribution in [0.1, 0.15) is 23.8 Å². The van der Waals surface area contributed by atoms with Gasteiger partial charge in [-0.1, -0.05) is 0 Å². The average Bonchev–Trinajstić information content (AvgIpc) is 2.21. The third-order valence-corrected chi connectivity index (χ3v) is 2.15. The summed E-state index contributed by atoms with van der Waals surface area (Å²) < 4.78 is 0. The van der Waals surface area contributed by atoms with Gasteiger partial charge in [-0.2, -0.15) is 5.26 Å². The predicted octanol–water partition coefficient (Wildman–Crippen LogP) is 0.280. The summed E-state index contributed by atoms with van der Waals surface area (Å²) in [5.41, 5.74) is 7.15. The molecule has 1 aromatic heterocycles. The fraction of sp³-hybridized carbons (Fsp3) is 0.400. The van der Waals surface area contributed by atoms with E-state index < -0.39 is 12.2 Å². The van der Waals surface area contributed by atoms with Crippen molar-refractivity contribution >= 4 is 5.69 Å². The Kier molecular flexibility index (Phi) is 3.61. The van der Waals surface area contributed by atoms with E-state index in [0.717, 1.165) is 0 Å². The van der Waals surface area contributed by atoms with Crippen molar-refractivity contribution in [2.45, 2.75) is 25.6 Å². The van der Waals surface area contributed by atoms with E-state index in [0.29, 0.717) is 16.9 Å². The largest absolute Gasteiger partial charge is 0.397 e. The summed E-state index contributed by atoms with van der Waals surface area (Å²) in [6.45, 7) is 1.75. The number of pyridine rings is 1. The monoisotopic (exact) mass is 207 g/mol. The van der Waals surface area contributed by atoms with Crippen molar-refractivity contribution in [3.05, 3.63) is 23.5 Å². The first-order valence-electron chi connectivity index (χ1n) is 4.51. The Labute approximate surface area is 87.8 Å². The van der Waals surface area contributed by atoms with Crippen molar-refractivity contribution in [1.29, 1.82) is 5.26 Å². The molecular weight excluding hydrogens is 194 g/mol. The van der Waals surface area contributed by atoms with Gasteiger partial charge in [0.2, 0.25) is 0 Å². The molecule has 2 atom stereocenters. The lowest BCUT2D eigenvalue weighted by atomic mass is 10.0. The lowest BCUT2D eigenvalue weighted by Gasteiger charge is -2.15. The Balaban J connectivity index is 2.87. The van der Waals surface area contributed by atoms with Crippen molar-refractivity contribution in [2.24, 2.45) is 0 Å². The molecule has 5 heteroatoms. The molecule has 0 saturated heterocycles. The highest BCUT2D eigenvalue weighted by molar-refractivity contribution is 5.44. The molecule has 0 aliphatic heterocycles. The standard InChI is InChI=1S/C10H13N3O2/c1-6-8(12)4-7(5-13-6)10(15)9(14)2-3-11/h4-5,9-10,14-15H,2,12H2,1H3. The van der Waals surface area contributed by atoms with Crippen LogP contribution in [0.4, 0.5) is 5.69 Å². The molecule has 0 aliphatic rings. The Morgan fingerprint density at radius 2 is 2.27 bits per heavy atom. The number of aryl methyl sites for hydroxylation is 1. The summed E-state index contributed by atoms with van der Waals surface area (Å²) in [5.74, 6) is 0. The van der Waals surface area contributed by atoms with E-state index >= 15 is 0 Å². The summed E-state index contributed by atoms with van der Waals surface area (Å²) in [4.78, 5) is 3.96. The molecule has 0 radical (unpaired) electrons. The average molecular weight is 207 g/mol.